The summed E-state index contributed by atoms with van der Waals surface area (Å²) < 4.78 is 0. The number of aromatic nitrogens is 1. The molecule has 3 rings (SSSR count). The lowest BCUT2D eigenvalue weighted by atomic mass is 9.84. The first kappa shape index (κ1) is 12.9. The Morgan fingerprint density at radius 2 is 2.05 bits per heavy atom. The number of fused-ring (bicyclic) bond motifs is 2. The Labute approximate surface area is 115 Å². The molecule has 2 saturated carbocycles. The molecule has 0 saturated heterocycles. The van der Waals surface area contributed by atoms with Crippen LogP contribution in [-0.2, 0) is 4.79 Å². The molecule has 1 amide bonds. The molecular weight excluding hydrogens is 260 g/mol. The first-order valence-corrected chi connectivity index (χ1v) is 6.79. The Morgan fingerprint density at radius 1 is 1.30 bits per heavy atom. The van der Waals surface area contributed by atoms with Crippen LogP contribution in [0.5, 0.6) is 0 Å². The SMILES string of the molecule is O=C(NC1C2CCC(C2)C1C(=O)O)c1ccc[nH]c1=O. The van der Waals surface area contributed by atoms with Crippen LogP contribution in [0.2, 0.25) is 0 Å². The van der Waals surface area contributed by atoms with Crippen molar-refractivity contribution in [1.82, 2.24) is 10.3 Å². The van der Waals surface area contributed by atoms with E-state index in [0.29, 0.717) is 0 Å². The summed E-state index contributed by atoms with van der Waals surface area (Å²) in [7, 11) is 0. The van der Waals surface area contributed by atoms with E-state index in [4.69, 9.17) is 0 Å². The van der Waals surface area contributed by atoms with Gasteiger partial charge in [-0.1, -0.05) is 0 Å². The summed E-state index contributed by atoms with van der Waals surface area (Å²) in [6.45, 7) is 0. The highest BCUT2D eigenvalue weighted by Gasteiger charge is 2.51. The zero-order valence-electron chi connectivity index (χ0n) is 10.8. The van der Waals surface area contributed by atoms with Crippen LogP contribution in [0.3, 0.4) is 0 Å². The minimum absolute atomic E-state index is 0.0272. The molecule has 20 heavy (non-hydrogen) atoms. The van der Waals surface area contributed by atoms with Gasteiger partial charge in [-0.25, -0.2) is 0 Å². The van der Waals surface area contributed by atoms with Crippen molar-refractivity contribution < 1.29 is 14.7 Å². The number of hydrogen-bond acceptors (Lipinski definition) is 3. The predicted octanol–water partition coefficient (Wildman–Crippen LogP) is 0.604. The smallest absolute Gasteiger partial charge is 0.308 e. The number of carboxylic acid groups (broad SMARTS) is 1. The van der Waals surface area contributed by atoms with E-state index in [9.17, 15) is 19.5 Å². The van der Waals surface area contributed by atoms with Crippen molar-refractivity contribution in [1.29, 1.82) is 0 Å². The van der Waals surface area contributed by atoms with Crippen LogP contribution in [0, 0.1) is 17.8 Å². The van der Waals surface area contributed by atoms with Gasteiger partial charge in [0.25, 0.3) is 11.5 Å². The van der Waals surface area contributed by atoms with Crippen molar-refractivity contribution in [3.8, 4) is 0 Å². The van der Waals surface area contributed by atoms with E-state index in [0.717, 1.165) is 19.3 Å². The lowest BCUT2D eigenvalue weighted by Crippen LogP contribution is -2.47. The summed E-state index contributed by atoms with van der Waals surface area (Å²) in [5.41, 5.74) is -0.431. The summed E-state index contributed by atoms with van der Waals surface area (Å²) >= 11 is 0. The molecule has 4 unspecified atom stereocenters. The largest absolute Gasteiger partial charge is 0.481 e. The fourth-order valence-corrected chi connectivity index (χ4v) is 3.68. The topological polar surface area (TPSA) is 99.3 Å². The molecular formula is C14H16N2O4. The maximum absolute atomic E-state index is 12.1. The highest BCUT2D eigenvalue weighted by molar-refractivity contribution is 5.94. The molecule has 0 radical (unpaired) electrons. The van der Waals surface area contributed by atoms with Gasteiger partial charge in [0.1, 0.15) is 5.56 Å². The molecule has 1 aromatic heterocycles. The monoisotopic (exact) mass is 276 g/mol. The van der Waals surface area contributed by atoms with Crippen LogP contribution < -0.4 is 10.9 Å². The van der Waals surface area contributed by atoms with Gasteiger partial charge in [-0.2, -0.15) is 0 Å². The highest BCUT2D eigenvalue weighted by Crippen LogP contribution is 2.48. The highest BCUT2D eigenvalue weighted by atomic mass is 16.4. The average molecular weight is 276 g/mol. The summed E-state index contributed by atoms with van der Waals surface area (Å²) in [6, 6.07) is 2.65. The Kier molecular flexibility index (Phi) is 3.08. The van der Waals surface area contributed by atoms with Gasteiger partial charge in [-0.3, -0.25) is 14.4 Å². The zero-order chi connectivity index (χ0) is 14.3. The quantitative estimate of drug-likeness (QED) is 0.753. The molecule has 3 N–H and O–H groups in total. The zero-order valence-corrected chi connectivity index (χ0v) is 10.8. The number of carboxylic acids is 1. The van der Waals surface area contributed by atoms with E-state index in [1.54, 1.807) is 6.07 Å². The number of carbonyl (C=O) groups excluding carboxylic acids is 1. The van der Waals surface area contributed by atoms with E-state index >= 15 is 0 Å². The first-order chi connectivity index (χ1) is 9.58. The molecule has 0 aliphatic heterocycles. The summed E-state index contributed by atoms with van der Waals surface area (Å²) in [5, 5.41) is 12.1. The number of amides is 1. The Balaban J connectivity index is 1.80. The lowest BCUT2D eigenvalue weighted by Gasteiger charge is -2.28. The number of rotatable bonds is 3. The van der Waals surface area contributed by atoms with E-state index in [1.807, 2.05) is 0 Å². The van der Waals surface area contributed by atoms with Gasteiger partial charge in [0.2, 0.25) is 0 Å². The molecule has 1 aromatic rings. The number of aromatic amines is 1. The maximum Gasteiger partial charge on any atom is 0.308 e. The molecule has 106 valence electrons. The lowest BCUT2D eigenvalue weighted by molar-refractivity contribution is -0.144. The molecule has 2 bridgehead atoms. The number of aliphatic carboxylic acids is 1. The van der Waals surface area contributed by atoms with Crippen LogP contribution in [0.25, 0.3) is 0 Å². The number of pyridine rings is 1. The van der Waals surface area contributed by atoms with E-state index in [-0.39, 0.29) is 23.4 Å². The van der Waals surface area contributed by atoms with Crippen LogP contribution in [-0.4, -0.2) is 28.0 Å². The number of carbonyl (C=O) groups is 2. The van der Waals surface area contributed by atoms with Gasteiger partial charge in [-0.05, 0) is 43.2 Å². The number of nitrogens with one attached hydrogen (secondary N) is 2. The third-order valence-corrected chi connectivity index (χ3v) is 4.56. The molecule has 2 aliphatic rings. The van der Waals surface area contributed by atoms with Crippen LogP contribution in [0.15, 0.2) is 23.1 Å². The van der Waals surface area contributed by atoms with Gasteiger partial charge in [0.05, 0.1) is 5.92 Å². The summed E-state index contributed by atoms with van der Waals surface area (Å²) in [4.78, 5) is 37.5. The van der Waals surface area contributed by atoms with Crippen molar-refractivity contribution in [3.63, 3.8) is 0 Å². The molecule has 2 aliphatic carbocycles. The molecule has 0 spiro atoms. The maximum atomic E-state index is 12.1. The van der Waals surface area contributed by atoms with Gasteiger partial charge >= 0.3 is 5.97 Å². The normalized spacial score (nSPS) is 31.2. The fourth-order valence-electron chi connectivity index (χ4n) is 3.68. The minimum atomic E-state index is -0.857. The second kappa shape index (κ2) is 4.77. The first-order valence-electron chi connectivity index (χ1n) is 6.79. The molecule has 4 atom stereocenters. The molecule has 1 heterocycles. The van der Waals surface area contributed by atoms with Gasteiger partial charge in [0.15, 0.2) is 0 Å². The summed E-state index contributed by atoms with van der Waals surface area (Å²) in [6.07, 6.45) is 4.17. The van der Waals surface area contributed by atoms with Crippen molar-refractivity contribution in [2.45, 2.75) is 25.3 Å². The third-order valence-electron chi connectivity index (χ3n) is 4.56. The second-order valence-electron chi connectivity index (χ2n) is 5.61. The van der Waals surface area contributed by atoms with Gasteiger partial charge < -0.3 is 15.4 Å². The van der Waals surface area contributed by atoms with E-state index in [2.05, 4.69) is 10.3 Å². The molecule has 0 aromatic carbocycles. The molecule has 2 fully saturated rings. The fraction of sp³-hybridized carbons (Fsp3) is 0.500. The van der Waals surface area contributed by atoms with Gasteiger partial charge in [-0.15, -0.1) is 0 Å². The standard InChI is InChI=1S/C14H16N2O4/c17-12-9(2-1-5-15-12)13(18)16-11-8-4-3-7(6-8)10(11)14(19)20/h1-2,5,7-8,10-11H,3-4,6H2,(H,15,17)(H,16,18)(H,19,20). The van der Waals surface area contributed by atoms with Crippen molar-refractivity contribution in [2.24, 2.45) is 17.8 Å². The minimum Gasteiger partial charge on any atom is -0.481 e. The van der Waals surface area contributed by atoms with Crippen molar-refractivity contribution >= 4 is 11.9 Å². The van der Waals surface area contributed by atoms with Crippen LogP contribution in [0.1, 0.15) is 29.6 Å². The Bertz CT molecular complexity index is 609. The van der Waals surface area contributed by atoms with E-state index < -0.39 is 23.4 Å². The third kappa shape index (κ3) is 2.01. The number of hydrogen-bond donors (Lipinski definition) is 3. The number of H-pyrrole nitrogens is 1. The van der Waals surface area contributed by atoms with Crippen LogP contribution in [0.4, 0.5) is 0 Å². The van der Waals surface area contributed by atoms with E-state index in [1.165, 1.54) is 12.3 Å². The Hall–Kier alpha value is -2.11. The van der Waals surface area contributed by atoms with Crippen LogP contribution >= 0.6 is 0 Å². The summed E-state index contributed by atoms with van der Waals surface area (Å²) in [5.74, 6) is -1.51. The average Bonchev–Trinajstić information content (AvgIpc) is 2.99. The predicted molar refractivity (Wildman–Crippen MR) is 70.3 cm³/mol. The molecule has 6 heteroatoms. The van der Waals surface area contributed by atoms with Crippen molar-refractivity contribution in [2.75, 3.05) is 0 Å². The Morgan fingerprint density at radius 3 is 2.75 bits per heavy atom. The molecule has 6 nitrogen and oxygen atoms in total. The van der Waals surface area contributed by atoms with Crippen molar-refractivity contribution in [3.05, 3.63) is 34.2 Å². The van der Waals surface area contributed by atoms with Gasteiger partial charge in [0, 0.05) is 12.2 Å². The second-order valence-corrected chi connectivity index (χ2v) is 5.61.